The second kappa shape index (κ2) is 7.21. The van der Waals surface area contributed by atoms with Gasteiger partial charge in [-0.1, -0.05) is 17.7 Å². The number of aryl methyl sites for hydroxylation is 3. The summed E-state index contributed by atoms with van der Waals surface area (Å²) in [7, 11) is -3.18. The lowest BCUT2D eigenvalue weighted by Gasteiger charge is -2.11. The van der Waals surface area contributed by atoms with Gasteiger partial charge in [0.15, 0.2) is 15.6 Å². The topological polar surface area (TPSA) is 76.4 Å². The van der Waals surface area contributed by atoms with Crippen molar-refractivity contribution in [1.29, 1.82) is 0 Å². The van der Waals surface area contributed by atoms with Crippen LogP contribution in [0.5, 0.6) is 0 Å². The van der Waals surface area contributed by atoms with E-state index in [1.807, 2.05) is 0 Å². The van der Waals surface area contributed by atoms with E-state index in [-0.39, 0.29) is 23.2 Å². The van der Waals surface area contributed by atoms with Crippen LogP contribution in [-0.2, 0) is 22.0 Å². The van der Waals surface area contributed by atoms with Crippen LogP contribution in [0.15, 0.2) is 28.7 Å². The van der Waals surface area contributed by atoms with Crippen molar-refractivity contribution in [2.75, 3.05) is 12.8 Å². The molecule has 0 saturated carbocycles. The molecular weight excluding hydrogens is 326 g/mol. The molecule has 0 spiro atoms. The lowest BCUT2D eigenvalue weighted by molar-refractivity contribution is 0.0925. The number of amides is 1. The summed E-state index contributed by atoms with van der Waals surface area (Å²) in [6.45, 7) is 6.70. The van der Waals surface area contributed by atoms with Gasteiger partial charge in [0.25, 0.3) is 5.91 Å². The first kappa shape index (κ1) is 18.3. The molecule has 2 rings (SSSR count). The van der Waals surface area contributed by atoms with Gasteiger partial charge in [0.05, 0.1) is 0 Å². The Morgan fingerprint density at radius 2 is 1.75 bits per heavy atom. The lowest BCUT2D eigenvalue weighted by Crippen LogP contribution is -2.25. The summed E-state index contributed by atoms with van der Waals surface area (Å²) >= 11 is 0. The van der Waals surface area contributed by atoms with Crippen LogP contribution in [0.4, 0.5) is 0 Å². The number of carbonyl (C=O) groups excluding carboxylic acids is 1. The number of sulfone groups is 1. The number of rotatable bonds is 6. The minimum atomic E-state index is -3.18. The fourth-order valence-electron chi connectivity index (χ4n) is 2.83. The van der Waals surface area contributed by atoms with Gasteiger partial charge in [-0.15, -0.1) is 0 Å². The van der Waals surface area contributed by atoms with E-state index in [1.165, 1.54) is 34.4 Å². The Hall–Kier alpha value is -2.08. The third kappa shape index (κ3) is 4.96. The van der Waals surface area contributed by atoms with Crippen LogP contribution < -0.4 is 5.32 Å². The Labute approximate surface area is 143 Å². The normalized spacial score (nSPS) is 11.5. The van der Waals surface area contributed by atoms with Crippen molar-refractivity contribution < 1.29 is 17.6 Å². The molecule has 1 heterocycles. The van der Waals surface area contributed by atoms with E-state index in [2.05, 4.69) is 38.2 Å². The van der Waals surface area contributed by atoms with Gasteiger partial charge in [-0.05, 0) is 56.0 Å². The molecule has 0 aliphatic carbocycles. The zero-order chi connectivity index (χ0) is 17.9. The maximum absolute atomic E-state index is 12.1. The highest BCUT2D eigenvalue weighted by Gasteiger charge is 2.14. The molecule has 2 aromatic rings. The number of benzene rings is 1. The SMILES string of the molecule is Cc1cc(C)c(CCNC(=O)c2ccc(CS(C)(=O)=O)o2)c(C)c1. The number of hydrogen-bond acceptors (Lipinski definition) is 4. The summed E-state index contributed by atoms with van der Waals surface area (Å²) in [6, 6.07) is 7.28. The zero-order valence-electron chi connectivity index (χ0n) is 14.5. The van der Waals surface area contributed by atoms with Crippen molar-refractivity contribution in [2.24, 2.45) is 0 Å². The van der Waals surface area contributed by atoms with Crippen molar-refractivity contribution in [3.63, 3.8) is 0 Å². The molecule has 0 saturated heterocycles. The Morgan fingerprint density at radius 3 is 2.33 bits per heavy atom. The van der Waals surface area contributed by atoms with Crippen LogP contribution in [0.1, 0.15) is 38.6 Å². The van der Waals surface area contributed by atoms with Crippen molar-refractivity contribution in [3.8, 4) is 0 Å². The Balaban J connectivity index is 1.95. The van der Waals surface area contributed by atoms with Crippen LogP contribution in [0.3, 0.4) is 0 Å². The molecule has 0 unspecified atom stereocenters. The molecule has 1 N–H and O–H groups in total. The molecular formula is C18H23NO4S. The molecule has 1 aromatic carbocycles. The third-order valence-electron chi connectivity index (χ3n) is 3.79. The second-order valence-electron chi connectivity index (χ2n) is 6.22. The molecule has 1 amide bonds. The van der Waals surface area contributed by atoms with Crippen molar-refractivity contribution in [1.82, 2.24) is 5.32 Å². The molecule has 1 aromatic heterocycles. The van der Waals surface area contributed by atoms with E-state index >= 15 is 0 Å². The first-order valence-electron chi connectivity index (χ1n) is 7.77. The molecule has 0 radical (unpaired) electrons. The molecule has 0 atom stereocenters. The predicted octanol–water partition coefficient (Wildman–Crippen LogP) is 2.72. The predicted molar refractivity (Wildman–Crippen MR) is 93.9 cm³/mol. The highest BCUT2D eigenvalue weighted by molar-refractivity contribution is 7.89. The average molecular weight is 349 g/mol. The first-order chi connectivity index (χ1) is 11.2. The van der Waals surface area contributed by atoms with Crippen LogP contribution in [0, 0.1) is 20.8 Å². The summed E-state index contributed by atoms with van der Waals surface area (Å²) in [5, 5.41) is 2.81. The zero-order valence-corrected chi connectivity index (χ0v) is 15.3. The van der Waals surface area contributed by atoms with E-state index in [1.54, 1.807) is 0 Å². The lowest BCUT2D eigenvalue weighted by atomic mass is 9.97. The Kier molecular flexibility index (Phi) is 5.49. The fourth-order valence-corrected chi connectivity index (χ4v) is 3.50. The molecule has 0 bridgehead atoms. The smallest absolute Gasteiger partial charge is 0.287 e. The number of furan rings is 1. The van der Waals surface area contributed by atoms with Crippen LogP contribution in [0.25, 0.3) is 0 Å². The van der Waals surface area contributed by atoms with Gasteiger partial charge in [-0.2, -0.15) is 0 Å². The monoisotopic (exact) mass is 349 g/mol. The maximum Gasteiger partial charge on any atom is 0.287 e. The summed E-state index contributed by atoms with van der Waals surface area (Å²) in [4.78, 5) is 12.1. The molecule has 24 heavy (non-hydrogen) atoms. The summed E-state index contributed by atoms with van der Waals surface area (Å²) in [5.74, 6) is -0.141. The van der Waals surface area contributed by atoms with Crippen molar-refractivity contribution in [2.45, 2.75) is 32.9 Å². The first-order valence-corrected chi connectivity index (χ1v) is 9.83. The highest BCUT2D eigenvalue weighted by Crippen LogP contribution is 2.17. The van der Waals surface area contributed by atoms with Gasteiger partial charge in [-0.25, -0.2) is 8.42 Å². The number of carbonyl (C=O) groups is 1. The van der Waals surface area contributed by atoms with Gasteiger partial charge in [0, 0.05) is 12.8 Å². The average Bonchev–Trinajstić information content (AvgIpc) is 2.87. The fraction of sp³-hybridized carbons (Fsp3) is 0.389. The maximum atomic E-state index is 12.1. The summed E-state index contributed by atoms with van der Waals surface area (Å²) < 4.78 is 27.8. The minimum absolute atomic E-state index is 0.131. The molecule has 0 aliphatic rings. The van der Waals surface area contributed by atoms with Gasteiger partial charge in [0.2, 0.25) is 0 Å². The van der Waals surface area contributed by atoms with E-state index in [4.69, 9.17) is 4.42 Å². The van der Waals surface area contributed by atoms with E-state index < -0.39 is 9.84 Å². The van der Waals surface area contributed by atoms with Gasteiger partial charge in [-0.3, -0.25) is 4.79 Å². The van der Waals surface area contributed by atoms with Crippen molar-refractivity contribution in [3.05, 3.63) is 58.0 Å². The van der Waals surface area contributed by atoms with E-state index in [0.717, 1.165) is 12.7 Å². The van der Waals surface area contributed by atoms with Gasteiger partial charge in [0.1, 0.15) is 11.5 Å². The minimum Gasteiger partial charge on any atom is -0.455 e. The number of nitrogens with one attached hydrogen (secondary N) is 1. The van der Waals surface area contributed by atoms with Gasteiger partial charge < -0.3 is 9.73 Å². The quantitative estimate of drug-likeness (QED) is 0.870. The second-order valence-corrected chi connectivity index (χ2v) is 8.36. The molecule has 0 aliphatic heterocycles. The van der Waals surface area contributed by atoms with Crippen molar-refractivity contribution >= 4 is 15.7 Å². The van der Waals surface area contributed by atoms with Crippen LogP contribution >= 0.6 is 0 Å². The Bertz CT molecular complexity index is 827. The Morgan fingerprint density at radius 1 is 1.12 bits per heavy atom. The molecule has 0 fully saturated rings. The van der Waals surface area contributed by atoms with Crippen LogP contribution in [0.2, 0.25) is 0 Å². The molecule has 130 valence electrons. The number of hydrogen-bond donors (Lipinski definition) is 1. The standard InChI is InChI=1S/C18H23NO4S/c1-12-9-13(2)16(14(3)10-12)7-8-19-18(20)17-6-5-15(23-17)11-24(4,21)22/h5-6,9-10H,7-8,11H2,1-4H3,(H,19,20). The largest absolute Gasteiger partial charge is 0.455 e. The molecule has 6 heteroatoms. The van der Waals surface area contributed by atoms with Crippen LogP contribution in [-0.4, -0.2) is 27.1 Å². The highest BCUT2D eigenvalue weighted by atomic mass is 32.2. The van der Waals surface area contributed by atoms with E-state index in [9.17, 15) is 13.2 Å². The third-order valence-corrected chi connectivity index (χ3v) is 4.60. The van der Waals surface area contributed by atoms with Gasteiger partial charge >= 0.3 is 0 Å². The summed E-state index contributed by atoms with van der Waals surface area (Å²) in [5.41, 5.74) is 4.90. The van der Waals surface area contributed by atoms with E-state index in [0.29, 0.717) is 6.54 Å². The molecule has 5 nitrogen and oxygen atoms in total. The summed E-state index contributed by atoms with van der Waals surface area (Å²) in [6.07, 6.45) is 1.86.